The summed E-state index contributed by atoms with van der Waals surface area (Å²) >= 11 is 7.60. The van der Waals surface area contributed by atoms with Gasteiger partial charge in [-0.05, 0) is 43.0 Å². The summed E-state index contributed by atoms with van der Waals surface area (Å²) in [4.78, 5) is 16.7. The molecule has 2 rings (SSSR count). The first-order valence-electron chi connectivity index (χ1n) is 5.65. The number of benzene rings is 1. The molecule has 0 unspecified atom stereocenters. The molecule has 0 spiro atoms. The molecule has 1 amide bonds. The van der Waals surface area contributed by atoms with Crippen LogP contribution in [0.5, 0.6) is 0 Å². The summed E-state index contributed by atoms with van der Waals surface area (Å²) in [6.45, 7) is 3.81. The molecule has 1 aromatic heterocycles. The Morgan fingerprint density at radius 3 is 2.89 bits per heavy atom. The molecule has 100 valence electrons. The van der Waals surface area contributed by atoms with Crippen LogP contribution in [0.2, 0.25) is 5.02 Å². The number of carbonyl (C=O) groups excluding carboxylic acids is 1. The molecule has 0 fully saturated rings. The number of thiophene rings is 1. The van der Waals surface area contributed by atoms with Gasteiger partial charge in [-0.2, -0.15) is 0 Å². The number of aryl methyl sites for hydroxylation is 1. The highest BCUT2D eigenvalue weighted by molar-refractivity contribution is 7.21. The average Bonchev–Trinajstić information content (AvgIpc) is 2.73. The van der Waals surface area contributed by atoms with Crippen LogP contribution in [0.3, 0.4) is 0 Å². The molecule has 0 aliphatic rings. The molecule has 0 bridgehead atoms. The minimum atomic E-state index is -0.582. The van der Waals surface area contributed by atoms with Gasteiger partial charge in [-0.1, -0.05) is 16.8 Å². The number of oxime groups is 1. The maximum Gasteiger partial charge on any atom is 0.433 e. The van der Waals surface area contributed by atoms with Crippen molar-refractivity contribution in [1.82, 2.24) is 5.32 Å². The van der Waals surface area contributed by atoms with E-state index < -0.39 is 6.09 Å². The normalized spacial score (nSPS) is 11.7. The number of halogens is 1. The van der Waals surface area contributed by atoms with Crippen LogP contribution in [0, 0.1) is 6.92 Å². The van der Waals surface area contributed by atoms with Gasteiger partial charge in [0.2, 0.25) is 0 Å². The molecule has 2 aromatic rings. The predicted octanol–water partition coefficient (Wildman–Crippen LogP) is 3.94. The number of nitrogens with one attached hydrogen (secondary N) is 1. The van der Waals surface area contributed by atoms with Crippen LogP contribution in [0.15, 0.2) is 23.4 Å². The zero-order valence-corrected chi connectivity index (χ0v) is 12.4. The first-order valence-corrected chi connectivity index (χ1v) is 6.84. The van der Waals surface area contributed by atoms with Gasteiger partial charge in [-0.15, -0.1) is 11.3 Å². The Morgan fingerprint density at radius 2 is 2.21 bits per heavy atom. The van der Waals surface area contributed by atoms with E-state index in [1.54, 1.807) is 11.3 Å². The number of rotatable bonds is 2. The maximum atomic E-state index is 11.0. The Kier molecular flexibility index (Phi) is 4.07. The van der Waals surface area contributed by atoms with Gasteiger partial charge in [0.15, 0.2) is 0 Å². The monoisotopic (exact) mass is 296 g/mol. The highest BCUT2D eigenvalue weighted by atomic mass is 35.5. The second-order valence-electron chi connectivity index (χ2n) is 4.00. The Balaban J connectivity index is 2.40. The van der Waals surface area contributed by atoms with E-state index in [0.29, 0.717) is 10.7 Å². The van der Waals surface area contributed by atoms with Crippen LogP contribution < -0.4 is 5.32 Å². The van der Waals surface area contributed by atoms with Crippen molar-refractivity contribution in [2.24, 2.45) is 5.16 Å². The summed E-state index contributed by atoms with van der Waals surface area (Å²) in [5.41, 5.74) is 1.75. The molecule has 0 atom stereocenters. The summed E-state index contributed by atoms with van der Waals surface area (Å²) in [7, 11) is 1.49. The van der Waals surface area contributed by atoms with Gasteiger partial charge in [0.25, 0.3) is 0 Å². The Hall–Kier alpha value is -1.59. The number of hydrogen-bond donors (Lipinski definition) is 1. The van der Waals surface area contributed by atoms with Crippen molar-refractivity contribution in [3.8, 4) is 0 Å². The van der Waals surface area contributed by atoms with Gasteiger partial charge < -0.3 is 5.32 Å². The minimum absolute atomic E-state index is 0.582. The lowest BCUT2D eigenvalue weighted by Gasteiger charge is -1.99. The van der Waals surface area contributed by atoms with Gasteiger partial charge in [-0.3, -0.25) is 4.84 Å². The van der Waals surface area contributed by atoms with Crippen LogP contribution in [0.1, 0.15) is 17.4 Å². The third-order valence-electron chi connectivity index (χ3n) is 2.70. The first kappa shape index (κ1) is 13.8. The third kappa shape index (κ3) is 2.88. The summed E-state index contributed by atoms with van der Waals surface area (Å²) in [5, 5.41) is 7.97. The van der Waals surface area contributed by atoms with Gasteiger partial charge in [-0.25, -0.2) is 4.79 Å². The van der Waals surface area contributed by atoms with E-state index in [-0.39, 0.29) is 0 Å². The highest BCUT2D eigenvalue weighted by Gasteiger charge is 2.12. The molecule has 0 saturated heterocycles. The van der Waals surface area contributed by atoms with Crippen molar-refractivity contribution in [1.29, 1.82) is 0 Å². The average molecular weight is 297 g/mol. The van der Waals surface area contributed by atoms with Gasteiger partial charge in [0.1, 0.15) is 0 Å². The molecule has 1 heterocycles. The maximum absolute atomic E-state index is 11.0. The second kappa shape index (κ2) is 5.59. The molecule has 0 radical (unpaired) electrons. The standard InChI is InChI=1S/C13H13ClN2O2S/c1-7-10-6-9(14)4-5-11(10)19-12(7)8(2)16-18-13(17)15-3/h4-6H,1-3H3,(H,15,17). The molecule has 19 heavy (non-hydrogen) atoms. The molecule has 4 nitrogen and oxygen atoms in total. The van der Waals surface area contributed by atoms with Crippen LogP contribution in [-0.4, -0.2) is 18.9 Å². The van der Waals surface area contributed by atoms with Gasteiger partial charge in [0.05, 0.1) is 10.6 Å². The predicted molar refractivity (Wildman–Crippen MR) is 79.3 cm³/mol. The molecule has 6 heteroatoms. The van der Waals surface area contributed by atoms with Crippen LogP contribution in [0.4, 0.5) is 4.79 Å². The number of amides is 1. The third-order valence-corrected chi connectivity index (χ3v) is 4.31. The summed E-state index contributed by atoms with van der Waals surface area (Å²) in [6, 6.07) is 5.77. The van der Waals surface area contributed by atoms with Crippen molar-refractivity contribution in [3.05, 3.63) is 33.7 Å². The van der Waals surface area contributed by atoms with E-state index in [4.69, 9.17) is 16.4 Å². The summed E-state index contributed by atoms with van der Waals surface area (Å²) < 4.78 is 1.13. The molecule has 0 aliphatic carbocycles. The second-order valence-corrected chi connectivity index (χ2v) is 5.49. The fourth-order valence-corrected chi connectivity index (χ4v) is 3.03. The number of fused-ring (bicyclic) bond motifs is 1. The summed E-state index contributed by atoms with van der Waals surface area (Å²) in [6.07, 6.45) is -0.582. The topological polar surface area (TPSA) is 50.7 Å². The zero-order chi connectivity index (χ0) is 14.0. The van der Waals surface area contributed by atoms with Crippen molar-refractivity contribution >= 4 is 44.8 Å². The van der Waals surface area contributed by atoms with Crippen LogP contribution in [-0.2, 0) is 4.84 Å². The lowest BCUT2D eigenvalue weighted by atomic mass is 10.1. The van der Waals surface area contributed by atoms with E-state index in [2.05, 4.69) is 10.5 Å². The fraction of sp³-hybridized carbons (Fsp3) is 0.231. The first-order chi connectivity index (χ1) is 9.02. The summed E-state index contributed by atoms with van der Waals surface area (Å²) in [5.74, 6) is 0. The molecular weight excluding hydrogens is 284 g/mol. The molecule has 1 aromatic carbocycles. The van der Waals surface area contributed by atoms with Crippen molar-refractivity contribution in [2.45, 2.75) is 13.8 Å². The fourth-order valence-electron chi connectivity index (χ4n) is 1.74. The van der Waals surface area contributed by atoms with E-state index in [9.17, 15) is 4.79 Å². The number of hydrogen-bond acceptors (Lipinski definition) is 4. The zero-order valence-electron chi connectivity index (χ0n) is 10.8. The van der Waals surface area contributed by atoms with Gasteiger partial charge >= 0.3 is 6.09 Å². The Morgan fingerprint density at radius 1 is 1.47 bits per heavy atom. The van der Waals surface area contributed by atoms with Crippen molar-refractivity contribution < 1.29 is 9.63 Å². The van der Waals surface area contributed by atoms with E-state index in [1.807, 2.05) is 32.0 Å². The van der Waals surface area contributed by atoms with Gasteiger partial charge in [0, 0.05) is 16.8 Å². The lowest BCUT2D eigenvalue weighted by Crippen LogP contribution is -2.17. The Bertz CT molecular complexity index is 664. The molecule has 1 N–H and O–H groups in total. The SMILES string of the molecule is CNC(=O)ON=C(C)c1sc2ccc(Cl)cc2c1C. The largest absolute Gasteiger partial charge is 0.433 e. The number of carbonyl (C=O) groups is 1. The smallest absolute Gasteiger partial charge is 0.323 e. The van der Waals surface area contributed by atoms with E-state index in [0.717, 1.165) is 20.5 Å². The van der Waals surface area contributed by atoms with Crippen LogP contribution >= 0.6 is 22.9 Å². The number of nitrogens with zero attached hydrogens (tertiary/aromatic N) is 1. The lowest BCUT2D eigenvalue weighted by molar-refractivity contribution is 0.153. The molecular formula is C13H13ClN2O2S. The quantitative estimate of drug-likeness (QED) is 0.518. The van der Waals surface area contributed by atoms with Crippen molar-refractivity contribution in [3.63, 3.8) is 0 Å². The minimum Gasteiger partial charge on any atom is -0.323 e. The van der Waals surface area contributed by atoms with Crippen LogP contribution in [0.25, 0.3) is 10.1 Å². The van der Waals surface area contributed by atoms with E-state index in [1.165, 1.54) is 7.05 Å². The Labute approximate surface area is 120 Å². The highest BCUT2D eigenvalue weighted by Crippen LogP contribution is 2.33. The molecule has 0 aliphatic heterocycles. The van der Waals surface area contributed by atoms with E-state index >= 15 is 0 Å². The van der Waals surface area contributed by atoms with Crippen molar-refractivity contribution in [2.75, 3.05) is 7.05 Å². The molecule has 0 saturated carbocycles.